The standard InChI is InChI=1S/C36H27Cl2NO7/c37-25-12-16-29(31(38)19-25)36(44)46-27-13-9-22(10-14-27)32(40)20-45-35(43)24-7-4-8-26(17-24)39-33(41)28-15-11-23(18-30(28)34(39)42)21-5-2-1-3-6-21/h1-10,12-14,16-17,19,23,28,30H,11,15,18,20H2/t23-,28+,30-/m1/s1. The van der Waals surface area contributed by atoms with E-state index >= 15 is 0 Å². The van der Waals surface area contributed by atoms with Crippen LogP contribution in [0.3, 0.4) is 0 Å². The van der Waals surface area contributed by atoms with Gasteiger partial charge in [0, 0.05) is 10.6 Å². The lowest BCUT2D eigenvalue weighted by Gasteiger charge is -2.28. The monoisotopic (exact) mass is 655 g/mol. The quantitative estimate of drug-likeness (QED) is 0.0847. The zero-order valence-corrected chi connectivity index (χ0v) is 25.9. The number of anilines is 1. The highest BCUT2D eigenvalue weighted by molar-refractivity contribution is 6.36. The molecule has 1 aliphatic heterocycles. The summed E-state index contributed by atoms with van der Waals surface area (Å²) in [6.45, 7) is -0.546. The number of nitrogens with zero attached hydrogens (tertiary/aromatic N) is 1. The highest BCUT2D eigenvalue weighted by Gasteiger charge is 2.50. The number of benzene rings is 4. The third-order valence-electron chi connectivity index (χ3n) is 8.41. The Morgan fingerprint density at radius 1 is 0.739 bits per heavy atom. The Hall–Kier alpha value is -4.79. The second kappa shape index (κ2) is 13.3. The van der Waals surface area contributed by atoms with E-state index in [9.17, 15) is 24.0 Å². The first-order valence-corrected chi connectivity index (χ1v) is 15.5. The Morgan fingerprint density at radius 2 is 1.48 bits per heavy atom. The molecule has 1 saturated heterocycles. The molecule has 4 aromatic rings. The molecule has 46 heavy (non-hydrogen) atoms. The van der Waals surface area contributed by atoms with Gasteiger partial charge in [0.05, 0.1) is 33.7 Å². The van der Waals surface area contributed by atoms with Crippen molar-refractivity contribution in [1.82, 2.24) is 0 Å². The molecule has 2 fully saturated rings. The van der Waals surface area contributed by atoms with E-state index in [4.69, 9.17) is 32.7 Å². The first-order valence-electron chi connectivity index (χ1n) is 14.7. The summed E-state index contributed by atoms with van der Waals surface area (Å²) in [6.07, 6.45) is 2.04. The second-order valence-electron chi connectivity index (χ2n) is 11.2. The maximum Gasteiger partial charge on any atom is 0.345 e. The second-order valence-corrected chi connectivity index (χ2v) is 12.1. The van der Waals surface area contributed by atoms with Crippen molar-refractivity contribution in [3.05, 3.63) is 129 Å². The van der Waals surface area contributed by atoms with Gasteiger partial charge in [-0.1, -0.05) is 59.6 Å². The van der Waals surface area contributed by atoms with Gasteiger partial charge in [0.25, 0.3) is 0 Å². The number of ketones is 1. The molecule has 8 nitrogen and oxygen atoms in total. The Bertz CT molecular complexity index is 1840. The van der Waals surface area contributed by atoms with Gasteiger partial charge in [-0.2, -0.15) is 0 Å². The fourth-order valence-corrected chi connectivity index (χ4v) is 6.54. The SMILES string of the molecule is O=C(COC(=O)c1cccc(N2C(=O)[C@H]3CC[C@@H](c4ccccc4)C[C@H]3C2=O)c1)c1ccc(OC(=O)c2ccc(Cl)cc2Cl)cc1. The van der Waals surface area contributed by atoms with E-state index in [0.29, 0.717) is 23.6 Å². The van der Waals surface area contributed by atoms with Crippen LogP contribution in [0.1, 0.15) is 61.8 Å². The molecule has 4 aromatic carbocycles. The van der Waals surface area contributed by atoms with Crippen LogP contribution in [0.5, 0.6) is 5.75 Å². The van der Waals surface area contributed by atoms with Crippen LogP contribution in [0.4, 0.5) is 5.69 Å². The van der Waals surface area contributed by atoms with E-state index < -0.39 is 30.2 Å². The summed E-state index contributed by atoms with van der Waals surface area (Å²) >= 11 is 11.9. The number of carbonyl (C=O) groups is 5. The third kappa shape index (κ3) is 6.45. The fraction of sp³-hybridized carbons (Fsp3) is 0.194. The van der Waals surface area contributed by atoms with E-state index in [0.717, 1.165) is 12.0 Å². The molecule has 0 N–H and O–H groups in total. The number of rotatable bonds is 8. The fourth-order valence-electron chi connectivity index (χ4n) is 6.06. The molecule has 10 heteroatoms. The normalized spacial score (nSPS) is 19.0. The summed E-state index contributed by atoms with van der Waals surface area (Å²) in [6, 6.07) is 26.3. The number of hydrogen-bond donors (Lipinski definition) is 0. The molecule has 0 bridgehead atoms. The van der Waals surface area contributed by atoms with Crippen molar-refractivity contribution in [1.29, 1.82) is 0 Å². The minimum atomic E-state index is -0.777. The predicted molar refractivity (Wildman–Crippen MR) is 171 cm³/mol. The van der Waals surface area contributed by atoms with Gasteiger partial charge in [0.2, 0.25) is 11.8 Å². The molecular weight excluding hydrogens is 629 g/mol. The van der Waals surface area contributed by atoms with Gasteiger partial charge >= 0.3 is 11.9 Å². The van der Waals surface area contributed by atoms with Crippen LogP contribution in [0.25, 0.3) is 0 Å². The summed E-state index contributed by atoms with van der Waals surface area (Å²) in [5.41, 5.74) is 1.93. The predicted octanol–water partition coefficient (Wildman–Crippen LogP) is 7.33. The highest BCUT2D eigenvalue weighted by atomic mass is 35.5. The molecule has 3 atom stereocenters. The van der Waals surface area contributed by atoms with Gasteiger partial charge in [-0.15, -0.1) is 0 Å². The lowest BCUT2D eigenvalue weighted by Crippen LogP contribution is -2.31. The van der Waals surface area contributed by atoms with Crippen LogP contribution in [0.2, 0.25) is 10.0 Å². The Balaban J connectivity index is 1.06. The largest absolute Gasteiger partial charge is 0.454 e. The van der Waals surface area contributed by atoms with Crippen molar-refractivity contribution in [3.63, 3.8) is 0 Å². The maximum absolute atomic E-state index is 13.5. The number of ether oxygens (including phenoxy) is 2. The lowest BCUT2D eigenvalue weighted by molar-refractivity contribution is -0.122. The van der Waals surface area contributed by atoms with Crippen molar-refractivity contribution in [2.75, 3.05) is 11.5 Å². The summed E-state index contributed by atoms with van der Waals surface area (Å²) in [4.78, 5) is 66.0. The lowest BCUT2D eigenvalue weighted by atomic mass is 9.73. The van der Waals surface area contributed by atoms with Crippen molar-refractivity contribution < 1.29 is 33.4 Å². The average molecular weight is 657 g/mol. The third-order valence-corrected chi connectivity index (χ3v) is 8.96. The van der Waals surface area contributed by atoms with Crippen LogP contribution in [0, 0.1) is 11.8 Å². The Labute approximate surface area is 274 Å². The Kier molecular flexibility index (Phi) is 9.01. The van der Waals surface area contributed by atoms with Gasteiger partial charge in [0.1, 0.15) is 5.75 Å². The molecule has 0 radical (unpaired) electrons. The van der Waals surface area contributed by atoms with Crippen LogP contribution in [-0.4, -0.2) is 36.1 Å². The van der Waals surface area contributed by atoms with E-state index in [-0.39, 0.29) is 51.1 Å². The van der Waals surface area contributed by atoms with E-state index in [1.165, 1.54) is 59.5 Å². The smallest absolute Gasteiger partial charge is 0.345 e. The summed E-state index contributed by atoms with van der Waals surface area (Å²) < 4.78 is 10.6. The van der Waals surface area contributed by atoms with Crippen LogP contribution in [-0.2, 0) is 14.3 Å². The molecule has 1 heterocycles. The molecule has 0 aromatic heterocycles. The summed E-state index contributed by atoms with van der Waals surface area (Å²) in [7, 11) is 0. The first kappa shape index (κ1) is 31.2. The van der Waals surface area contributed by atoms with Crippen molar-refractivity contribution in [2.24, 2.45) is 11.8 Å². The molecule has 1 saturated carbocycles. The molecule has 0 spiro atoms. The van der Waals surface area contributed by atoms with E-state index in [1.54, 1.807) is 12.1 Å². The number of hydrogen-bond acceptors (Lipinski definition) is 7. The topological polar surface area (TPSA) is 107 Å². The highest BCUT2D eigenvalue weighted by Crippen LogP contribution is 2.45. The number of esters is 2. The van der Waals surface area contributed by atoms with E-state index in [1.807, 2.05) is 18.2 Å². The summed E-state index contributed by atoms with van der Waals surface area (Å²) in [5, 5.41) is 0.523. The van der Waals surface area contributed by atoms with Crippen LogP contribution >= 0.6 is 23.2 Å². The van der Waals surface area contributed by atoms with Gasteiger partial charge in [0.15, 0.2) is 12.4 Å². The number of halogens is 2. The van der Waals surface area contributed by atoms with Crippen molar-refractivity contribution in [2.45, 2.75) is 25.2 Å². The molecular formula is C36H27Cl2NO7. The molecule has 0 unspecified atom stereocenters. The zero-order valence-electron chi connectivity index (χ0n) is 24.4. The van der Waals surface area contributed by atoms with Gasteiger partial charge in [-0.05, 0) is 91.4 Å². The number of Topliss-reactive ketones (excluding diaryl/α,β-unsaturated/α-hetero) is 1. The van der Waals surface area contributed by atoms with E-state index in [2.05, 4.69) is 12.1 Å². The molecule has 1 aliphatic carbocycles. The molecule has 2 aliphatic rings. The number of carbonyl (C=O) groups excluding carboxylic acids is 5. The Morgan fingerprint density at radius 3 is 2.22 bits per heavy atom. The number of amides is 2. The van der Waals surface area contributed by atoms with Crippen LogP contribution in [0.15, 0.2) is 97.1 Å². The number of fused-ring (bicyclic) bond motifs is 1. The van der Waals surface area contributed by atoms with Gasteiger partial charge in [-0.3, -0.25) is 19.3 Å². The minimum Gasteiger partial charge on any atom is -0.454 e. The zero-order chi connectivity index (χ0) is 32.4. The van der Waals surface area contributed by atoms with Crippen molar-refractivity contribution in [3.8, 4) is 5.75 Å². The van der Waals surface area contributed by atoms with Crippen LogP contribution < -0.4 is 9.64 Å². The maximum atomic E-state index is 13.5. The number of imide groups is 1. The van der Waals surface area contributed by atoms with Gasteiger partial charge < -0.3 is 9.47 Å². The molecule has 2 amide bonds. The van der Waals surface area contributed by atoms with Gasteiger partial charge in [-0.25, -0.2) is 9.59 Å². The average Bonchev–Trinajstić information content (AvgIpc) is 3.32. The molecule has 232 valence electrons. The molecule has 6 rings (SSSR count). The minimum absolute atomic E-state index is 0.103. The summed E-state index contributed by atoms with van der Waals surface area (Å²) in [5.74, 6) is -2.87. The van der Waals surface area contributed by atoms with Crippen molar-refractivity contribution >= 4 is 58.4 Å². The first-order chi connectivity index (χ1) is 22.2.